The van der Waals surface area contributed by atoms with E-state index in [1.165, 1.54) is 23.8 Å². The number of nitrogen functional groups attached to an aromatic ring is 1. The highest BCUT2D eigenvalue weighted by molar-refractivity contribution is 7.52. The van der Waals surface area contributed by atoms with Crippen LogP contribution in [0.1, 0.15) is 79.5 Å². The minimum absolute atomic E-state index is 0.0901. The number of hydrogen-bond acceptors (Lipinski definition) is 14. The van der Waals surface area contributed by atoms with Crippen molar-refractivity contribution < 1.29 is 46.9 Å². The molecular formula is C37H49N6O10P. The number of esters is 3. The fraction of sp³-hybridized carbons (Fsp3) is 0.568. The number of anilines is 1. The molecule has 2 aromatic heterocycles. The highest BCUT2D eigenvalue weighted by atomic mass is 31.2. The Morgan fingerprint density at radius 2 is 1.67 bits per heavy atom. The lowest BCUT2D eigenvalue weighted by Crippen LogP contribution is -2.47. The molecule has 0 radical (unpaired) electrons. The van der Waals surface area contributed by atoms with Gasteiger partial charge in [-0.05, 0) is 60.9 Å². The normalized spacial score (nSPS) is 23.1. The summed E-state index contributed by atoms with van der Waals surface area (Å²) in [5.41, 5.74) is 5.17. The molecule has 3 N–H and O–H groups in total. The molecule has 0 bridgehead atoms. The molecule has 1 unspecified atom stereocenters. The van der Waals surface area contributed by atoms with Gasteiger partial charge in [0.25, 0.3) is 0 Å². The summed E-state index contributed by atoms with van der Waals surface area (Å²) in [6.45, 7) is 13.6. The number of carbonyl (C=O) groups is 3. The second kappa shape index (κ2) is 16.0. The first-order valence-electron chi connectivity index (χ1n) is 18.0. The number of aromatic nitrogens is 3. The Labute approximate surface area is 314 Å². The molecule has 6 atom stereocenters. The van der Waals surface area contributed by atoms with Gasteiger partial charge in [-0.2, -0.15) is 15.4 Å². The number of nitrogens with two attached hydrogens (primary N) is 1. The second-order valence-electron chi connectivity index (χ2n) is 15.3. The average Bonchev–Trinajstić information content (AvgIpc) is 3.76. The average molecular weight is 769 g/mol. The lowest BCUT2D eigenvalue weighted by atomic mass is 9.87. The number of nitrogens with one attached hydrogen (secondary N) is 1. The van der Waals surface area contributed by atoms with Crippen LogP contribution in [0.5, 0.6) is 5.75 Å². The number of ether oxygens (including phenoxy) is 4. The third-order valence-electron chi connectivity index (χ3n) is 9.09. The number of benzene rings is 1. The van der Waals surface area contributed by atoms with Crippen LogP contribution in [0.25, 0.3) is 5.52 Å². The van der Waals surface area contributed by atoms with Crippen molar-refractivity contribution in [2.45, 2.75) is 104 Å². The molecule has 54 heavy (non-hydrogen) atoms. The molecule has 2 aliphatic rings. The number of nitrogens with zero attached hydrogens (tertiary/aromatic N) is 4. The predicted octanol–water partition coefficient (Wildman–Crippen LogP) is 5.00. The van der Waals surface area contributed by atoms with Gasteiger partial charge in [0.05, 0.1) is 30.7 Å². The summed E-state index contributed by atoms with van der Waals surface area (Å²) >= 11 is 0. The van der Waals surface area contributed by atoms with Crippen LogP contribution in [0.3, 0.4) is 0 Å². The number of rotatable bonds is 15. The van der Waals surface area contributed by atoms with Gasteiger partial charge in [-0.1, -0.05) is 60.6 Å². The Morgan fingerprint density at radius 3 is 2.26 bits per heavy atom. The zero-order valence-corrected chi connectivity index (χ0v) is 32.7. The van der Waals surface area contributed by atoms with E-state index in [-0.39, 0.29) is 29.3 Å². The molecule has 17 heteroatoms. The summed E-state index contributed by atoms with van der Waals surface area (Å²) in [5.74, 6) is -2.79. The lowest BCUT2D eigenvalue weighted by Gasteiger charge is -2.29. The van der Waals surface area contributed by atoms with Crippen LogP contribution in [0.2, 0.25) is 0 Å². The van der Waals surface area contributed by atoms with Crippen molar-refractivity contribution in [1.29, 1.82) is 5.26 Å². The molecule has 5 rings (SSSR count). The molecule has 2 fully saturated rings. The van der Waals surface area contributed by atoms with Crippen LogP contribution in [-0.2, 0) is 53.4 Å². The predicted molar refractivity (Wildman–Crippen MR) is 195 cm³/mol. The van der Waals surface area contributed by atoms with Crippen molar-refractivity contribution in [3.05, 3.63) is 54.0 Å². The highest BCUT2D eigenvalue weighted by Gasteiger charge is 2.63. The molecule has 1 aliphatic heterocycles. The minimum Gasteiger partial charge on any atom is -0.464 e. The smallest absolute Gasteiger partial charge is 0.459 e. The van der Waals surface area contributed by atoms with Crippen molar-refractivity contribution in [2.24, 2.45) is 17.8 Å². The number of carbonyl (C=O) groups excluding carboxylic acids is 3. The Balaban J connectivity index is 1.53. The molecule has 3 heterocycles. The van der Waals surface area contributed by atoms with Gasteiger partial charge < -0.3 is 29.2 Å². The maximum atomic E-state index is 14.6. The number of nitriles is 1. The standard InChI is InChI=1S/C37H49N6O10P/c1-21(2)33(44)50-30-28(52-37(19-38,31(30)51-34(45)22(3)4)29-16-15-27-32(39)40-20-41-43(27)29)18-49-54(47,42-23(5)35(46)48-17-24-9-10-24)53-26-13-11-25(12-14-26)36(6,7)8/h11-16,20-24,28,30-31H,9-10,17-18H2,1-8H3,(H,42,47)(H2,39,40,41)/t23-,28+,30+,31+,37-,54?/m0/s1. The van der Waals surface area contributed by atoms with E-state index in [0.29, 0.717) is 11.4 Å². The highest BCUT2D eigenvalue weighted by Crippen LogP contribution is 2.49. The SMILES string of the molecule is CC(C)C(=O)O[C@H]1[C@@H](OC(=O)C(C)C)[C@](C#N)(c2ccc3c(N)ncnn23)O[C@@H]1COP(=O)(N[C@@H](C)C(=O)OCC1CC1)Oc1ccc(C(C)(C)C)cc1. The Kier molecular flexibility index (Phi) is 12.1. The first kappa shape index (κ1) is 40.6. The summed E-state index contributed by atoms with van der Waals surface area (Å²) in [6, 6.07) is 11.0. The molecule has 1 saturated heterocycles. The monoisotopic (exact) mass is 768 g/mol. The molecule has 1 saturated carbocycles. The van der Waals surface area contributed by atoms with E-state index in [1.807, 2.05) is 32.9 Å². The number of fused-ring (bicyclic) bond motifs is 1. The van der Waals surface area contributed by atoms with Crippen molar-refractivity contribution in [3.8, 4) is 11.8 Å². The number of hydrogen-bond donors (Lipinski definition) is 2. The second-order valence-corrected chi connectivity index (χ2v) is 17.0. The van der Waals surface area contributed by atoms with Crippen molar-refractivity contribution in [3.63, 3.8) is 0 Å². The van der Waals surface area contributed by atoms with Gasteiger partial charge in [0, 0.05) is 0 Å². The van der Waals surface area contributed by atoms with Gasteiger partial charge >= 0.3 is 25.7 Å². The van der Waals surface area contributed by atoms with E-state index in [4.69, 9.17) is 33.7 Å². The summed E-state index contributed by atoms with van der Waals surface area (Å²) in [4.78, 5) is 43.4. The van der Waals surface area contributed by atoms with Crippen LogP contribution in [0.4, 0.5) is 5.82 Å². The van der Waals surface area contributed by atoms with Gasteiger partial charge in [-0.25, -0.2) is 14.1 Å². The zero-order valence-electron chi connectivity index (χ0n) is 31.8. The maximum absolute atomic E-state index is 14.6. The van der Waals surface area contributed by atoms with Crippen LogP contribution in [0.15, 0.2) is 42.7 Å². The van der Waals surface area contributed by atoms with Gasteiger partial charge in [-0.15, -0.1) is 0 Å². The van der Waals surface area contributed by atoms with E-state index >= 15 is 0 Å². The molecule has 1 aromatic carbocycles. The van der Waals surface area contributed by atoms with E-state index in [2.05, 4.69) is 21.2 Å². The quantitative estimate of drug-likeness (QED) is 0.118. The molecule has 292 valence electrons. The third-order valence-corrected chi connectivity index (χ3v) is 10.7. The molecule has 16 nitrogen and oxygen atoms in total. The molecule has 0 amide bonds. The lowest BCUT2D eigenvalue weighted by molar-refractivity contribution is -0.173. The third kappa shape index (κ3) is 9.03. The van der Waals surface area contributed by atoms with E-state index in [1.54, 1.807) is 45.9 Å². The summed E-state index contributed by atoms with van der Waals surface area (Å²) in [6.07, 6.45) is -1.32. The van der Waals surface area contributed by atoms with Gasteiger partial charge in [0.2, 0.25) is 5.60 Å². The van der Waals surface area contributed by atoms with Gasteiger partial charge in [-0.3, -0.25) is 18.9 Å². The van der Waals surface area contributed by atoms with Crippen molar-refractivity contribution in [2.75, 3.05) is 18.9 Å². The van der Waals surface area contributed by atoms with Crippen molar-refractivity contribution in [1.82, 2.24) is 19.7 Å². The minimum atomic E-state index is -4.49. The first-order valence-corrected chi connectivity index (χ1v) is 19.5. The van der Waals surface area contributed by atoms with Crippen LogP contribution in [0, 0.1) is 29.1 Å². The zero-order chi connectivity index (χ0) is 39.6. The van der Waals surface area contributed by atoms with E-state index < -0.39 is 74.1 Å². The topological polar surface area (TPSA) is 216 Å². The fourth-order valence-corrected chi connectivity index (χ4v) is 7.15. The largest absolute Gasteiger partial charge is 0.464 e. The summed E-state index contributed by atoms with van der Waals surface area (Å²) in [7, 11) is -4.49. The summed E-state index contributed by atoms with van der Waals surface area (Å²) < 4.78 is 51.6. The molecule has 1 aliphatic carbocycles. The van der Waals surface area contributed by atoms with E-state index in [9.17, 15) is 24.2 Å². The van der Waals surface area contributed by atoms with Crippen molar-refractivity contribution >= 4 is 37.0 Å². The molecular weight excluding hydrogens is 719 g/mol. The fourth-order valence-electron chi connectivity index (χ4n) is 5.65. The maximum Gasteiger partial charge on any atom is 0.459 e. The summed E-state index contributed by atoms with van der Waals surface area (Å²) in [5, 5.41) is 17.8. The first-order chi connectivity index (χ1) is 25.4. The van der Waals surface area contributed by atoms with Gasteiger partial charge in [0.1, 0.15) is 35.8 Å². The Hall–Kier alpha value is -4.55. The Morgan fingerprint density at radius 1 is 1.02 bits per heavy atom. The molecule has 0 spiro atoms. The molecule has 3 aromatic rings. The van der Waals surface area contributed by atoms with E-state index in [0.717, 1.165) is 18.4 Å². The van der Waals surface area contributed by atoms with Crippen LogP contribution >= 0.6 is 7.75 Å². The van der Waals surface area contributed by atoms with Crippen LogP contribution < -0.4 is 15.3 Å². The van der Waals surface area contributed by atoms with Gasteiger partial charge in [0.15, 0.2) is 18.0 Å². The Bertz CT molecular complexity index is 1930. The van der Waals surface area contributed by atoms with Crippen LogP contribution in [-0.4, -0.2) is 70.1 Å².